The van der Waals surface area contributed by atoms with Crippen molar-refractivity contribution in [2.75, 3.05) is 0 Å². The molecule has 3 aromatic rings. The van der Waals surface area contributed by atoms with Crippen LogP contribution in [-0.4, -0.2) is 10.5 Å². The number of fused-ring (bicyclic) bond motifs is 1. The molecule has 0 aliphatic carbocycles. The molecule has 0 N–H and O–H groups in total. The van der Waals surface area contributed by atoms with E-state index in [4.69, 9.17) is 0 Å². The van der Waals surface area contributed by atoms with Gasteiger partial charge >= 0.3 is 6.18 Å². The molecule has 0 saturated heterocycles. The number of carbonyl (C=O) groups is 1. The number of carbonyl (C=O) groups excluding carboxylic acids is 1. The van der Waals surface area contributed by atoms with Gasteiger partial charge in [0.1, 0.15) is 0 Å². The van der Waals surface area contributed by atoms with Crippen molar-refractivity contribution in [2.24, 2.45) is 12.0 Å². The molecule has 0 fully saturated rings. The van der Waals surface area contributed by atoms with Gasteiger partial charge in [0.2, 0.25) is 0 Å². The lowest BCUT2D eigenvalue weighted by Gasteiger charge is -2.06. The van der Waals surface area contributed by atoms with Gasteiger partial charge < -0.3 is 4.57 Å². The molecule has 0 radical (unpaired) electrons. The summed E-state index contributed by atoms with van der Waals surface area (Å²) >= 11 is 1.37. The molecule has 3 nitrogen and oxygen atoms in total. The Balaban J connectivity index is 2.01. The predicted octanol–water partition coefficient (Wildman–Crippen LogP) is 4.62. The number of hydrogen-bond donors (Lipinski definition) is 0. The van der Waals surface area contributed by atoms with Gasteiger partial charge in [-0.2, -0.15) is 18.2 Å². The molecule has 3 rings (SSSR count). The topological polar surface area (TPSA) is 34.4 Å². The van der Waals surface area contributed by atoms with Gasteiger partial charge in [-0.3, -0.25) is 4.79 Å². The third-order valence-electron chi connectivity index (χ3n) is 4.08. The van der Waals surface area contributed by atoms with Crippen LogP contribution in [0.4, 0.5) is 13.2 Å². The second kappa shape index (κ2) is 6.15. The summed E-state index contributed by atoms with van der Waals surface area (Å²) in [5.41, 5.74) is 2.59. The monoisotopic (exact) mass is 364 g/mol. The van der Waals surface area contributed by atoms with Crippen molar-refractivity contribution in [1.82, 2.24) is 4.57 Å². The lowest BCUT2D eigenvalue weighted by Crippen LogP contribution is -2.13. The van der Waals surface area contributed by atoms with Crippen LogP contribution in [0.2, 0.25) is 0 Å². The Morgan fingerprint density at radius 2 is 1.68 bits per heavy atom. The second-order valence-corrected chi connectivity index (χ2v) is 6.85. The van der Waals surface area contributed by atoms with E-state index in [2.05, 4.69) is 4.99 Å². The Hall–Kier alpha value is -2.41. The van der Waals surface area contributed by atoms with E-state index >= 15 is 0 Å². The highest BCUT2D eigenvalue weighted by Crippen LogP contribution is 2.29. The molecule has 0 unspecified atom stereocenters. The van der Waals surface area contributed by atoms with Crippen molar-refractivity contribution in [3.8, 4) is 0 Å². The van der Waals surface area contributed by atoms with E-state index in [1.165, 1.54) is 11.3 Å². The predicted molar refractivity (Wildman–Crippen MR) is 91.6 cm³/mol. The van der Waals surface area contributed by atoms with Crippen molar-refractivity contribution in [1.29, 1.82) is 0 Å². The van der Waals surface area contributed by atoms with Crippen LogP contribution >= 0.6 is 11.3 Å². The number of thiazole rings is 1. The fourth-order valence-corrected chi connectivity index (χ4v) is 3.54. The van der Waals surface area contributed by atoms with Gasteiger partial charge in [0.15, 0.2) is 4.80 Å². The molecule has 7 heteroatoms. The van der Waals surface area contributed by atoms with Crippen molar-refractivity contribution in [2.45, 2.75) is 20.0 Å². The molecule has 0 spiro atoms. The molecule has 1 aromatic heterocycles. The van der Waals surface area contributed by atoms with Crippen molar-refractivity contribution >= 4 is 27.5 Å². The zero-order valence-corrected chi connectivity index (χ0v) is 14.6. The molecule has 0 atom stereocenters. The van der Waals surface area contributed by atoms with Gasteiger partial charge in [-0.05, 0) is 61.4 Å². The first kappa shape index (κ1) is 17.4. The van der Waals surface area contributed by atoms with Gasteiger partial charge in [-0.25, -0.2) is 0 Å². The third-order valence-corrected chi connectivity index (χ3v) is 5.18. The smallest absolute Gasteiger partial charge is 0.319 e. The van der Waals surface area contributed by atoms with Gasteiger partial charge in [0.05, 0.1) is 15.8 Å². The Morgan fingerprint density at radius 3 is 2.28 bits per heavy atom. The Labute approximate surface area is 146 Å². The van der Waals surface area contributed by atoms with E-state index in [0.29, 0.717) is 4.80 Å². The summed E-state index contributed by atoms with van der Waals surface area (Å²) in [7, 11) is 1.81. The number of amides is 1. The molecule has 1 heterocycles. The summed E-state index contributed by atoms with van der Waals surface area (Å²) < 4.78 is 40.6. The molecule has 0 bridgehead atoms. The average molecular weight is 364 g/mol. The molecule has 130 valence electrons. The lowest BCUT2D eigenvalue weighted by atomic mass is 10.1. The fraction of sp³-hybridized carbons (Fsp3) is 0.222. The summed E-state index contributed by atoms with van der Waals surface area (Å²) in [4.78, 5) is 16.9. The third kappa shape index (κ3) is 3.37. The quantitative estimate of drug-likeness (QED) is 0.621. The van der Waals surface area contributed by atoms with Crippen LogP contribution in [-0.2, 0) is 13.2 Å². The molecular formula is C18H15F3N2OS. The van der Waals surface area contributed by atoms with Crippen LogP contribution < -0.4 is 4.80 Å². The highest BCUT2D eigenvalue weighted by Gasteiger charge is 2.30. The van der Waals surface area contributed by atoms with Crippen LogP contribution in [0.15, 0.2) is 41.4 Å². The summed E-state index contributed by atoms with van der Waals surface area (Å²) in [5.74, 6) is -0.565. The van der Waals surface area contributed by atoms with Crippen molar-refractivity contribution in [3.63, 3.8) is 0 Å². The van der Waals surface area contributed by atoms with E-state index in [0.717, 1.165) is 45.6 Å². The fourth-order valence-electron chi connectivity index (χ4n) is 2.44. The van der Waals surface area contributed by atoms with E-state index in [1.807, 2.05) is 37.6 Å². The van der Waals surface area contributed by atoms with Crippen molar-refractivity contribution < 1.29 is 18.0 Å². The Kier molecular flexibility index (Phi) is 4.28. The summed E-state index contributed by atoms with van der Waals surface area (Å²) in [6.45, 7) is 4.02. The molecule has 0 aliphatic rings. The van der Waals surface area contributed by atoms with E-state index in [1.54, 1.807) is 0 Å². The SMILES string of the molecule is Cc1cc2sc(=NC(=O)c3ccc(C(F)(F)F)cc3)n(C)c2cc1C. The first-order valence-electron chi connectivity index (χ1n) is 7.50. The molecular weight excluding hydrogens is 349 g/mol. The number of halogens is 3. The van der Waals surface area contributed by atoms with E-state index in [9.17, 15) is 18.0 Å². The summed E-state index contributed by atoms with van der Waals surface area (Å²) in [5, 5.41) is 0. The highest BCUT2D eigenvalue weighted by atomic mass is 32.1. The number of alkyl halides is 3. The maximum absolute atomic E-state index is 12.6. The first-order valence-corrected chi connectivity index (χ1v) is 8.31. The van der Waals surface area contributed by atoms with Crippen LogP contribution in [0, 0.1) is 13.8 Å². The zero-order chi connectivity index (χ0) is 18.4. The number of hydrogen-bond acceptors (Lipinski definition) is 2. The normalized spacial score (nSPS) is 12.8. The van der Waals surface area contributed by atoms with E-state index < -0.39 is 17.6 Å². The minimum absolute atomic E-state index is 0.123. The Morgan fingerprint density at radius 1 is 1.08 bits per heavy atom. The van der Waals surface area contributed by atoms with Gasteiger partial charge in [0.25, 0.3) is 5.91 Å². The molecule has 2 aromatic carbocycles. The minimum Gasteiger partial charge on any atom is -0.319 e. The van der Waals surface area contributed by atoms with Crippen LogP contribution in [0.3, 0.4) is 0 Å². The number of benzene rings is 2. The standard InChI is InChI=1S/C18H15F3N2OS/c1-10-8-14-15(9-11(10)2)25-17(23(14)3)22-16(24)12-4-6-13(7-5-12)18(19,20)21/h4-9H,1-3H3. The van der Waals surface area contributed by atoms with Crippen LogP contribution in [0.25, 0.3) is 10.2 Å². The number of aryl methyl sites for hydroxylation is 3. The Bertz CT molecular complexity index is 1030. The number of rotatable bonds is 1. The molecule has 25 heavy (non-hydrogen) atoms. The van der Waals surface area contributed by atoms with Crippen LogP contribution in [0.5, 0.6) is 0 Å². The summed E-state index contributed by atoms with van der Waals surface area (Å²) in [6.07, 6.45) is -4.42. The van der Waals surface area contributed by atoms with Crippen LogP contribution in [0.1, 0.15) is 27.0 Å². The summed E-state index contributed by atoms with van der Waals surface area (Å²) in [6, 6.07) is 8.15. The van der Waals surface area contributed by atoms with Gasteiger partial charge in [0, 0.05) is 12.6 Å². The number of aromatic nitrogens is 1. The first-order chi connectivity index (χ1) is 11.7. The average Bonchev–Trinajstić information content (AvgIpc) is 2.83. The maximum Gasteiger partial charge on any atom is 0.416 e. The molecule has 1 amide bonds. The van der Waals surface area contributed by atoms with Gasteiger partial charge in [-0.1, -0.05) is 11.3 Å². The van der Waals surface area contributed by atoms with E-state index in [-0.39, 0.29) is 5.56 Å². The highest BCUT2D eigenvalue weighted by molar-refractivity contribution is 7.16. The maximum atomic E-state index is 12.6. The molecule has 0 aliphatic heterocycles. The van der Waals surface area contributed by atoms with Gasteiger partial charge in [-0.15, -0.1) is 0 Å². The zero-order valence-electron chi connectivity index (χ0n) is 13.8. The lowest BCUT2D eigenvalue weighted by molar-refractivity contribution is -0.137. The minimum atomic E-state index is -4.42. The van der Waals surface area contributed by atoms with Crippen molar-refractivity contribution in [3.05, 3.63) is 63.5 Å². The number of nitrogens with zero attached hydrogens (tertiary/aromatic N) is 2. The largest absolute Gasteiger partial charge is 0.416 e. The molecule has 0 saturated carbocycles. The second-order valence-electron chi connectivity index (χ2n) is 5.84.